The van der Waals surface area contributed by atoms with Gasteiger partial charge in [0.2, 0.25) is 0 Å². The topological polar surface area (TPSA) is 32.7 Å². The van der Waals surface area contributed by atoms with Gasteiger partial charge in [-0.1, -0.05) is 52.2 Å². The van der Waals surface area contributed by atoms with E-state index in [2.05, 4.69) is 44.9 Å². The van der Waals surface area contributed by atoms with E-state index in [1.807, 2.05) is 12.1 Å². The molecule has 1 aliphatic rings. The normalized spacial score (nSPS) is 18.2. The second kappa shape index (κ2) is 8.16. The van der Waals surface area contributed by atoms with Gasteiger partial charge >= 0.3 is 0 Å². The van der Waals surface area contributed by atoms with Crippen LogP contribution in [-0.4, -0.2) is 42.4 Å². The number of benzene rings is 1. The summed E-state index contributed by atoms with van der Waals surface area (Å²) >= 11 is 0. The Morgan fingerprint density at radius 3 is 2.30 bits per heavy atom. The van der Waals surface area contributed by atoms with Crippen molar-refractivity contribution < 1.29 is 9.84 Å². The maximum atomic E-state index is 10.2. The van der Waals surface area contributed by atoms with Crippen LogP contribution in [0.15, 0.2) is 24.3 Å². The summed E-state index contributed by atoms with van der Waals surface area (Å²) in [6, 6.07) is 8.84. The fraction of sp³-hybridized carbons (Fsp3) is 0.700. The summed E-state index contributed by atoms with van der Waals surface area (Å²) < 4.78 is 5.75. The average Bonchev–Trinajstić information content (AvgIpc) is 2.53. The van der Waals surface area contributed by atoms with Crippen molar-refractivity contribution in [3.63, 3.8) is 0 Å². The van der Waals surface area contributed by atoms with E-state index < -0.39 is 6.10 Å². The number of aliphatic hydroxyl groups excluding tert-OH is 1. The lowest BCUT2D eigenvalue weighted by Gasteiger charge is -2.32. The van der Waals surface area contributed by atoms with Crippen LogP contribution in [0.1, 0.15) is 58.4 Å². The van der Waals surface area contributed by atoms with Crippen LogP contribution in [0.3, 0.4) is 0 Å². The summed E-state index contributed by atoms with van der Waals surface area (Å²) in [4.78, 5) is 2.30. The Morgan fingerprint density at radius 1 is 1.13 bits per heavy atom. The van der Waals surface area contributed by atoms with E-state index in [-0.39, 0.29) is 5.41 Å². The SMILES string of the molecule is CN(C[C@H](O)COc1ccc(C(C)(C)C)cc1)C1CCCCC1. The number of aliphatic hydroxyl groups is 1. The fourth-order valence-electron chi connectivity index (χ4n) is 3.30. The first-order valence-electron chi connectivity index (χ1n) is 8.98. The molecule has 1 saturated carbocycles. The van der Waals surface area contributed by atoms with Gasteiger partial charge in [-0.05, 0) is 43.0 Å². The van der Waals surface area contributed by atoms with Crippen LogP contribution in [0.2, 0.25) is 0 Å². The van der Waals surface area contributed by atoms with Crippen LogP contribution >= 0.6 is 0 Å². The Hall–Kier alpha value is -1.06. The Labute approximate surface area is 141 Å². The van der Waals surface area contributed by atoms with Crippen LogP contribution in [0, 0.1) is 0 Å². The first-order chi connectivity index (χ1) is 10.9. The average molecular weight is 319 g/mol. The van der Waals surface area contributed by atoms with Crippen molar-refractivity contribution in [3.05, 3.63) is 29.8 Å². The van der Waals surface area contributed by atoms with Gasteiger partial charge < -0.3 is 14.7 Å². The molecule has 0 bridgehead atoms. The summed E-state index contributed by atoms with van der Waals surface area (Å²) in [6.45, 7) is 7.64. The molecule has 1 fully saturated rings. The number of hydrogen-bond acceptors (Lipinski definition) is 3. The van der Waals surface area contributed by atoms with Gasteiger partial charge in [-0.3, -0.25) is 0 Å². The standard InChI is InChI=1S/C20H33NO2/c1-20(2,3)16-10-12-19(13-11-16)23-15-18(22)14-21(4)17-8-6-5-7-9-17/h10-13,17-18,22H,5-9,14-15H2,1-4H3/t18-/m0/s1. The minimum atomic E-state index is -0.441. The first kappa shape index (κ1) is 18.3. The molecule has 0 aliphatic heterocycles. The molecule has 0 aromatic heterocycles. The maximum Gasteiger partial charge on any atom is 0.119 e. The van der Waals surface area contributed by atoms with Gasteiger partial charge in [0, 0.05) is 12.6 Å². The van der Waals surface area contributed by atoms with Gasteiger partial charge in [-0.2, -0.15) is 0 Å². The van der Waals surface area contributed by atoms with Crippen molar-refractivity contribution in [3.8, 4) is 5.75 Å². The highest BCUT2D eigenvalue weighted by molar-refractivity contribution is 5.31. The highest BCUT2D eigenvalue weighted by Gasteiger charge is 2.20. The molecule has 1 aliphatic carbocycles. The minimum Gasteiger partial charge on any atom is -0.491 e. The number of ether oxygens (including phenoxy) is 1. The largest absolute Gasteiger partial charge is 0.491 e. The maximum absolute atomic E-state index is 10.2. The van der Waals surface area contributed by atoms with Crippen molar-refractivity contribution in [2.45, 2.75) is 70.4 Å². The van der Waals surface area contributed by atoms with E-state index >= 15 is 0 Å². The van der Waals surface area contributed by atoms with Gasteiger partial charge in [0.15, 0.2) is 0 Å². The smallest absolute Gasteiger partial charge is 0.119 e. The van der Waals surface area contributed by atoms with Crippen LogP contribution in [0.4, 0.5) is 0 Å². The zero-order valence-corrected chi connectivity index (χ0v) is 15.2. The summed E-state index contributed by atoms with van der Waals surface area (Å²) in [5.41, 5.74) is 1.45. The molecule has 0 heterocycles. The Kier molecular flexibility index (Phi) is 6.49. The predicted octanol–water partition coefficient (Wildman–Crippen LogP) is 3.99. The van der Waals surface area contributed by atoms with E-state index in [1.54, 1.807) is 0 Å². The van der Waals surface area contributed by atoms with Crippen LogP contribution in [0.5, 0.6) is 5.75 Å². The number of likely N-dealkylation sites (N-methyl/N-ethyl adjacent to an activating group) is 1. The third kappa shape index (κ3) is 5.82. The van der Waals surface area contributed by atoms with Gasteiger partial charge in [-0.25, -0.2) is 0 Å². The third-order valence-corrected chi connectivity index (χ3v) is 4.86. The van der Waals surface area contributed by atoms with E-state index in [0.29, 0.717) is 19.2 Å². The lowest BCUT2D eigenvalue weighted by Crippen LogP contribution is -2.40. The van der Waals surface area contributed by atoms with Gasteiger partial charge in [0.25, 0.3) is 0 Å². The minimum absolute atomic E-state index is 0.154. The summed E-state index contributed by atoms with van der Waals surface area (Å²) in [5, 5.41) is 10.2. The monoisotopic (exact) mass is 319 g/mol. The molecule has 130 valence electrons. The zero-order chi connectivity index (χ0) is 16.9. The van der Waals surface area contributed by atoms with Crippen molar-refractivity contribution >= 4 is 0 Å². The summed E-state index contributed by atoms with van der Waals surface area (Å²) in [7, 11) is 2.12. The molecule has 0 spiro atoms. The first-order valence-corrected chi connectivity index (χ1v) is 8.98. The van der Waals surface area contributed by atoms with Crippen molar-refractivity contribution in [1.82, 2.24) is 4.90 Å². The second-order valence-corrected chi connectivity index (χ2v) is 7.97. The molecule has 1 atom stereocenters. The molecule has 3 nitrogen and oxygen atoms in total. The lowest BCUT2D eigenvalue weighted by molar-refractivity contribution is 0.0561. The molecule has 1 aromatic carbocycles. The second-order valence-electron chi connectivity index (χ2n) is 7.97. The van der Waals surface area contributed by atoms with Crippen molar-refractivity contribution in [1.29, 1.82) is 0 Å². The fourth-order valence-corrected chi connectivity index (χ4v) is 3.30. The molecule has 0 radical (unpaired) electrons. The van der Waals surface area contributed by atoms with E-state index in [0.717, 1.165) is 5.75 Å². The molecule has 2 rings (SSSR count). The number of rotatable bonds is 6. The molecular weight excluding hydrogens is 286 g/mol. The Morgan fingerprint density at radius 2 is 1.74 bits per heavy atom. The van der Waals surface area contributed by atoms with Crippen LogP contribution in [0.25, 0.3) is 0 Å². The molecule has 0 saturated heterocycles. The molecule has 0 unspecified atom stereocenters. The predicted molar refractivity (Wildman–Crippen MR) is 96.1 cm³/mol. The van der Waals surface area contributed by atoms with Gasteiger partial charge in [-0.15, -0.1) is 0 Å². The zero-order valence-electron chi connectivity index (χ0n) is 15.2. The molecular formula is C20H33NO2. The molecule has 3 heteroatoms. The van der Waals surface area contributed by atoms with Crippen LogP contribution < -0.4 is 4.74 Å². The van der Waals surface area contributed by atoms with Crippen molar-refractivity contribution in [2.75, 3.05) is 20.2 Å². The number of nitrogens with zero attached hydrogens (tertiary/aromatic N) is 1. The molecule has 0 amide bonds. The van der Waals surface area contributed by atoms with E-state index in [1.165, 1.54) is 37.7 Å². The van der Waals surface area contributed by atoms with Crippen molar-refractivity contribution in [2.24, 2.45) is 0 Å². The highest BCUT2D eigenvalue weighted by atomic mass is 16.5. The van der Waals surface area contributed by atoms with E-state index in [9.17, 15) is 5.11 Å². The Bertz CT molecular complexity index is 458. The summed E-state index contributed by atoms with van der Waals surface area (Å²) in [5.74, 6) is 0.831. The third-order valence-electron chi connectivity index (χ3n) is 4.86. The number of hydrogen-bond donors (Lipinski definition) is 1. The van der Waals surface area contributed by atoms with Crippen LogP contribution in [-0.2, 0) is 5.41 Å². The van der Waals surface area contributed by atoms with Gasteiger partial charge in [0.05, 0.1) is 0 Å². The molecule has 1 N–H and O–H groups in total. The molecule has 23 heavy (non-hydrogen) atoms. The Balaban J connectivity index is 1.76. The van der Waals surface area contributed by atoms with E-state index in [4.69, 9.17) is 4.74 Å². The lowest BCUT2D eigenvalue weighted by atomic mass is 9.87. The summed E-state index contributed by atoms with van der Waals surface area (Å²) in [6.07, 6.45) is 6.09. The van der Waals surface area contributed by atoms with Gasteiger partial charge in [0.1, 0.15) is 18.5 Å². The quantitative estimate of drug-likeness (QED) is 0.860. The highest BCUT2D eigenvalue weighted by Crippen LogP contribution is 2.24. The molecule has 1 aromatic rings.